The van der Waals surface area contributed by atoms with Gasteiger partial charge >= 0.3 is 5.69 Å². The van der Waals surface area contributed by atoms with Crippen LogP contribution in [-0.2, 0) is 27.1 Å². The zero-order valence-electron chi connectivity index (χ0n) is 17.2. The molecule has 2 atom stereocenters. The molecule has 2 unspecified atom stereocenters. The lowest BCUT2D eigenvalue weighted by molar-refractivity contribution is 0.136. The van der Waals surface area contributed by atoms with Gasteiger partial charge in [0.1, 0.15) is 5.82 Å². The van der Waals surface area contributed by atoms with E-state index in [1.807, 2.05) is 6.07 Å². The number of aromatic nitrogens is 2. The predicted octanol–water partition coefficient (Wildman–Crippen LogP) is 1.83. The lowest BCUT2D eigenvalue weighted by atomic mass is 10.0. The standard InChI is InChI=1S/C21H29FN4O2.ClH/c1-15(7-8-16-5-4-6-18(22)11-16)26(19-9-10-23-12-19)14-17-13-24(2)21(28)25(3)20(17)27;/h4-6,11,13,15,19,23H,7-10,12,14H2,1-3H3;1H. The van der Waals surface area contributed by atoms with E-state index in [1.165, 1.54) is 17.7 Å². The lowest BCUT2D eigenvalue weighted by Gasteiger charge is -2.34. The molecule has 2 aromatic rings. The first-order chi connectivity index (χ1) is 13.4. The van der Waals surface area contributed by atoms with Crippen LogP contribution >= 0.6 is 12.4 Å². The van der Waals surface area contributed by atoms with Gasteiger partial charge in [0.15, 0.2) is 0 Å². The van der Waals surface area contributed by atoms with Crippen LogP contribution in [0.3, 0.4) is 0 Å². The summed E-state index contributed by atoms with van der Waals surface area (Å²) in [6, 6.07) is 7.28. The first-order valence-electron chi connectivity index (χ1n) is 9.83. The van der Waals surface area contributed by atoms with Crippen molar-refractivity contribution in [1.29, 1.82) is 0 Å². The Labute approximate surface area is 176 Å². The van der Waals surface area contributed by atoms with E-state index in [-0.39, 0.29) is 35.5 Å². The molecule has 6 nitrogen and oxygen atoms in total. The highest BCUT2D eigenvalue weighted by atomic mass is 35.5. The Kier molecular flexibility index (Phi) is 8.19. The van der Waals surface area contributed by atoms with Crippen molar-refractivity contribution in [1.82, 2.24) is 19.4 Å². The van der Waals surface area contributed by atoms with Crippen LogP contribution < -0.4 is 16.6 Å². The topological polar surface area (TPSA) is 59.3 Å². The summed E-state index contributed by atoms with van der Waals surface area (Å²) < 4.78 is 16.1. The second-order valence-corrected chi connectivity index (χ2v) is 7.75. The van der Waals surface area contributed by atoms with E-state index >= 15 is 0 Å². The van der Waals surface area contributed by atoms with Gasteiger partial charge in [-0.15, -0.1) is 12.4 Å². The van der Waals surface area contributed by atoms with Gasteiger partial charge in [-0.25, -0.2) is 9.18 Å². The van der Waals surface area contributed by atoms with Crippen LogP contribution in [0, 0.1) is 5.82 Å². The van der Waals surface area contributed by atoms with E-state index in [0.717, 1.165) is 42.5 Å². The van der Waals surface area contributed by atoms with Gasteiger partial charge in [0.25, 0.3) is 5.56 Å². The van der Waals surface area contributed by atoms with Crippen molar-refractivity contribution in [2.24, 2.45) is 14.1 Å². The third-order valence-corrected chi connectivity index (χ3v) is 5.68. The molecule has 29 heavy (non-hydrogen) atoms. The Bertz CT molecular complexity index is 937. The summed E-state index contributed by atoms with van der Waals surface area (Å²) in [5, 5.41) is 3.39. The molecule has 1 aromatic carbocycles. The fourth-order valence-electron chi connectivity index (χ4n) is 3.99. The summed E-state index contributed by atoms with van der Waals surface area (Å²) in [6.07, 6.45) is 4.32. The fourth-order valence-corrected chi connectivity index (χ4v) is 3.99. The largest absolute Gasteiger partial charge is 0.330 e. The highest BCUT2D eigenvalue weighted by Crippen LogP contribution is 2.19. The quantitative estimate of drug-likeness (QED) is 0.736. The van der Waals surface area contributed by atoms with E-state index in [1.54, 1.807) is 25.4 Å². The summed E-state index contributed by atoms with van der Waals surface area (Å²) in [5.74, 6) is -0.212. The fraction of sp³-hybridized carbons (Fsp3) is 0.524. The van der Waals surface area contributed by atoms with Gasteiger partial charge in [0, 0.05) is 51.0 Å². The molecule has 1 aromatic heterocycles. The normalized spacial score (nSPS) is 17.3. The molecule has 0 aliphatic carbocycles. The SMILES string of the molecule is CC(CCc1cccc(F)c1)N(Cc1cn(C)c(=O)n(C)c1=O)C1CCNC1.Cl. The number of rotatable bonds is 7. The molecule has 0 bridgehead atoms. The van der Waals surface area contributed by atoms with Crippen LogP contribution in [0.25, 0.3) is 0 Å². The van der Waals surface area contributed by atoms with Crippen LogP contribution in [0.5, 0.6) is 0 Å². The van der Waals surface area contributed by atoms with Crippen molar-refractivity contribution in [2.75, 3.05) is 13.1 Å². The zero-order valence-corrected chi connectivity index (χ0v) is 18.0. The average Bonchev–Trinajstić information content (AvgIpc) is 3.20. The number of benzene rings is 1. The summed E-state index contributed by atoms with van der Waals surface area (Å²) in [7, 11) is 3.18. The molecular formula is C21H30ClFN4O2. The molecular weight excluding hydrogens is 395 g/mol. The minimum atomic E-state index is -0.318. The van der Waals surface area contributed by atoms with Gasteiger partial charge in [-0.3, -0.25) is 14.3 Å². The predicted molar refractivity (Wildman–Crippen MR) is 115 cm³/mol. The molecule has 0 spiro atoms. The smallest absolute Gasteiger partial charge is 0.315 e. The van der Waals surface area contributed by atoms with E-state index < -0.39 is 0 Å². The van der Waals surface area contributed by atoms with Crippen LogP contribution in [0.2, 0.25) is 0 Å². The molecule has 0 radical (unpaired) electrons. The monoisotopic (exact) mass is 424 g/mol. The first kappa shape index (κ1) is 23.3. The van der Waals surface area contributed by atoms with Gasteiger partial charge < -0.3 is 9.88 Å². The molecule has 2 heterocycles. The van der Waals surface area contributed by atoms with E-state index in [4.69, 9.17) is 0 Å². The Morgan fingerprint density at radius 3 is 2.72 bits per heavy atom. The highest BCUT2D eigenvalue weighted by Gasteiger charge is 2.27. The lowest BCUT2D eigenvalue weighted by Crippen LogP contribution is -2.46. The van der Waals surface area contributed by atoms with Crippen molar-refractivity contribution in [2.45, 2.75) is 44.8 Å². The maximum atomic E-state index is 13.5. The second kappa shape index (κ2) is 10.2. The highest BCUT2D eigenvalue weighted by molar-refractivity contribution is 5.85. The molecule has 3 rings (SSSR count). The van der Waals surface area contributed by atoms with Crippen LogP contribution in [0.15, 0.2) is 40.1 Å². The van der Waals surface area contributed by atoms with E-state index in [9.17, 15) is 14.0 Å². The maximum absolute atomic E-state index is 13.5. The summed E-state index contributed by atoms with van der Waals surface area (Å²) >= 11 is 0. The Hall–Kier alpha value is -1.96. The summed E-state index contributed by atoms with van der Waals surface area (Å²) in [4.78, 5) is 26.9. The van der Waals surface area contributed by atoms with Crippen molar-refractivity contribution in [3.8, 4) is 0 Å². The van der Waals surface area contributed by atoms with Gasteiger partial charge in [0.2, 0.25) is 0 Å². The molecule has 0 amide bonds. The Morgan fingerprint density at radius 1 is 1.31 bits per heavy atom. The first-order valence-corrected chi connectivity index (χ1v) is 9.83. The van der Waals surface area contributed by atoms with Gasteiger partial charge in [-0.05, 0) is 50.4 Å². The van der Waals surface area contributed by atoms with E-state index in [0.29, 0.717) is 18.2 Å². The van der Waals surface area contributed by atoms with Crippen molar-refractivity contribution >= 4 is 12.4 Å². The molecule has 1 aliphatic rings. The average molecular weight is 425 g/mol. The van der Waals surface area contributed by atoms with Crippen molar-refractivity contribution in [3.05, 3.63) is 68.2 Å². The minimum absolute atomic E-state index is 0. The molecule has 1 aliphatic heterocycles. The van der Waals surface area contributed by atoms with Gasteiger partial charge in [-0.2, -0.15) is 0 Å². The molecule has 1 fully saturated rings. The molecule has 0 saturated carbocycles. The third kappa shape index (κ3) is 5.56. The number of hydrogen-bond donors (Lipinski definition) is 1. The molecule has 1 N–H and O–H groups in total. The van der Waals surface area contributed by atoms with Crippen LogP contribution in [0.4, 0.5) is 4.39 Å². The Morgan fingerprint density at radius 2 is 2.07 bits per heavy atom. The van der Waals surface area contributed by atoms with E-state index in [2.05, 4.69) is 17.1 Å². The van der Waals surface area contributed by atoms with Crippen LogP contribution in [-0.4, -0.2) is 39.2 Å². The van der Waals surface area contributed by atoms with Crippen molar-refractivity contribution < 1.29 is 4.39 Å². The molecule has 8 heteroatoms. The minimum Gasteiger partial charge on any atom is -0.315 e. The van der Waals surface area contributed by atoms with Crippen molar-refractivity contribution in [3.63, 3.8) is 0 Å². The summed E-state index contributed by atoms with van der Waals surface area (Å²) in [6.45, 7) is 4.50. The zero-order chi connectivity index (χ0) is 20.3. The molecule has 160 valence electrons. The number of halogens is 2. The number of hydrogen-bond acceptors (Lipinski definition) is 4. The maximum Gasteiger partial charge on any atom is 0.330 e. The number of aryl methyl sites for hydroxylation is 2. The summed E-state index contributed by atoms with van der Waals surface area (Å²) in [5.41, 5.74) is 1.04. The second-order valence-electron chi connectivity index (χ2n) is 7.75. The number of nitrogens with zero attached hydrogens (tertiary/aromatic N) is 3. The van der Waals surface area contributed by atoms with Gasteiger partial charge in [0.05, 0.1) is 0 Å². The Balaban J connectivity index is 0.00000300. The van der Waals surface area contributed by atoms with Crippen LogP contribution in [0.1, 0.15) is 30.9 Å². The molecule has 1 saturated heterocycles. The van der Waals surface area contributed by atoms with Gasteiger partial charge in [-0.1, -0.05) is 12.1 Å². The third-order valence-electron chi connectivity index (χ3n) is 5.68. The number of nitrogens with one attached hydrogen (secondary N) is 1.